The van der Waals surface area contributed by atoms with Gasteiger partial charge in [0.15, 0.2) is 0 Å². The molecule has 2 N–H and O–H groups in total. The largest absolute Gasteiger partial charge is 0.325 e. The van der Waals surface area contributed by atoms with Crippen molar-refractivity contribution < 1.29 is 4.39 Å². The summed E-state index contributed by atoms with van der Waals surface area (Å²) in [5, 5.41) is 0. The van der Waals surface area contributed by atoms with E-state index in [4.69, 9.17) is 5.73 Å². The zero-order valence-electron chi connectivity index (χ0n) is 9.05. The van der Waals surface area contributed by atoms with Crippen LogP contribution in [0.2, 0.25) is 0 Å². The highest BCUT2D eigenvalue weighted by atomic mass is 19.1. The van der Waals surface area contributed by atoms with Crippen molar-refractivity contribution in [3.8, 4) is 0 Å². The Balaban J connectivity index is 2.74. The van der Waals surface area contributed by atoms with E-state index in [1.807, 2.05) is 6.92 Å². The second-order valence-corrected chi connectivity index (χ2v) is 4.46. The maximum absolute atomic E-state index is 12.6. The van der Waals surface area contributed by atoms with Crippen LogP contribution in [-0.4, -0.2) is 5.54 Å². The van der Waals surface area contributed by atoms with Crippen LogP contribution in [-0.2, 0) is 6.42 Å². The molecule has 0 spiro atoms. The van der Waals surface area contributed by atoms with Gasteiger partial charge in [-0.05, 0) is 37.0 Å². The summed E-state index contributed by atoms with van der Waals surface area (Å²) in [4.78, 5) is 0. The minimum Gasteiger partial charge on any atom is -0.325 e. The Morgan fingerprint density at radius 1 is 1.29 bits per heavy atom. The molecule has 78 valence electrons. The molecule has 2 heteroatoms. The molecule has 0 heterocycles. The average molecular weight is 195 g/mol. The Labute approximate surface area is 85.1 Å². The first-order valence-corrected chi connectivity index (χ1v) is 4.95. The van der Waals surface area contributed by atoms with Crippen LogP contribution in [0.25, 0.3) is 0 Å². The molecule has 0 saturated carbocycles. The van der Waals surface area contributed by atoms with Crippen molar-refractivity contribution in [1.82, 2.24) is 0 Å². The Morgan fingerprint density at radius 3 is 2.21 bits per heavy atom. The van der Waals surface area contributed by atoms with Gasteiger partial charge >= 0.3 is 0 Å². The van der Waals surface area contributed by atoms with Crippen molar-refractivity contribution in [2.45, 2.75) is 32.7 Å². The highest BCUT2D eigenvalue weighted by Crippen LogP contribution is 2.19. The van der Waals surface area contributed by atoms with Crippen LogP contribution in [0.3, 0.4) is 0 Å². The molecular weight excluding hydrogens is 177 g/mol. The van der Waals surface area contributed by atoms with E-state index >= 15 is 0 Å². The summed E-state index contributed by atoms with van der Waals surface area (Å²) in [6.45, 7) is 6.23. The second kappa shape index (κ2) is 4.09. The minimum absolute atomic E-state index is 0.197. The van der Waals surface area contributed by atoms with Crippen LogP contribution in [0.15, 0.2) is 24.3 Å². The quantitative estimate of drug-likeness (QED) is 0.788. The third-order valence-corrected chi connectivity index (χ3v) is 2.82. The first kappa shape index (κ1) is 11.2. The van der Waals surface area contributed by atoms with Gasteiger partial charge < -0.3 is 5.73 Å². The van der Waals surface area contributed by atoms with Gasteiger partial charge in [0.05, 0.1) is 0 Å². The highest BCUT2D eigenvalue weighted by Gasteiger charge is 2.22. The molecule has 0 saturated heterocycles. The summed E-state index contributed by atoms with van der Waals surface area (Å²) in [7, 11) is 0. The standard InChI is InChI=1S/C12H18FN/c1-9(2)12(3,14)8-10-4-6-11(13)7-5-10/h4-7,9H,8,14H2,1-3H3. The van der Waals surface area contributed by atoms with Crippen molar-refractivity contribution in [3.63, 3.8) is 0 Å². The summed E-state index contributed by atoms with van der Waals surface area (Å²) in [5.41, 5.74) is 7.00. The van der Waals surface area contributed by atoms with Gasteiger partial charge in [0.1, 0.15) is 5.82 Å². The Bertz CT molecular complexity index is 288. The summed E-state index contributed by atoms with van der Waals surface area (Å²) in [5.74, 6) is 0.213. The van der Waals surface area contributed by atoms with Gasteiger partial charge in [-0.15, -0.1) is 0 Å². The number of hydrogen-bond acceptors (Lipinski definition) is 1. The predicted molar refractivity (Wildman–Crippen MR) is 57.5 cm³/mol. The van der Waals surface area contributed by atoms with Gasteiger partial charge in [-0.1, -0.05) is 26.0 Å². The molecule has 0 radical (unpaired) electrons. The van der Waals surface area contributed by atoms with Crippen LogP contribution in [0.5, 0.6) is 0 Å². The van der Waals surface area contributed by atoms with Gasteiger partial charge in [-0.2, -0.15) is 0 Å². The normalized spacial score (nSPS) is 15.6. The lowest BCUT2D eigenvalue weighted by Crippen LogP contribution is -2.43. The van der Waals surface area contributed by atoms with Crippen LogP contribution >= 0.6 is 0 Å². The predicted octanol–water partition coefficient (Wildman–Crippen LogP) is 2.74. The van der Waals surface area contributed by atoms with Gasteiger partial charge in [-0.25, -0.2) is 4.39 Å². The molecule has 0 bridgehead atoms. The molecule has 0 aliphatic heterocycles. The lowest BCUT2D eigenvalue weighted by molar-refractivity contribution is 0.337. The Kier molecular flexibility index (Phi) is 3.27. The first-order valence-electron chi connectivity index (χ1n) is 4.95. The second-order valence-electron chi connectivity index (χ2n) is 4.46. The number of hydrogen-bond donors (Lipinski definition) is 1. The van der Waals surface area contributed by atoms with Crippen LogP contribution in [0, 0.1) is 11.7 Å². The molecule has 1 rings (SSSR count). The first-order chi connectivity index (χ1) is 6.42. The van der Waals surface area contributed by atoms with Gasteiger partial charge in [-0.3, -0.25) is 0 Å². The van der Waals surface area contributed by atoms with Gasteiger partial charge in [0, 0.05) is 5.54 Å². The Hall–Kier alpha value is -0.890. The fourth-order valence-corrected chi connectivity index (χ4v) is 1.25. The van der Waals surface area contributed by atoms with Crippen LogP contribution in [0.1, 0.15) is 26.3 Å². The van der Waals surface area contributed by atoms with Crippen LogP contribution < -0.4 is 5.73 Å². The zero-order valence-corrected chi connectivity index (χ0v) is 9.05. The van der Waals surface area contributed by atoms with E-state index in [9.17, 15) is 4.39 Å². The van der Waals surface area contributed by atoms with E-state index < -0.39 is 0 Å². The fraction of sp³-hybridized carbons (Fsp3) is 0.500. The van der Waals surface area contributed by atoms with E-state index in [1.54, 1.807) is 12.1 Å². The van der Waals surface area contributed by atoms with Crippen molar-refractivity contribution in [1.29, 1.82) is 0 Å². The van der Waals surface area contributed by atoms with Crippen molar-refractivity contribution >= 4 is 0 Å². The van der Waals surface area contributed by atoms with Crippen molar-refractivity contribution in [2.75, 3.05) is 0 Å². The molecule has 0 aliphatic rings. The molecular formula is C12H18FN. The molecule has 1 aromatic carbocycles. The SMILES string of the molecule is CC(C)C(C)(N)Cc1ccc(F)cc1. The summed E-state index contributed by atoms with van der Waals surface area (Å²) in [6.07, 6.45) is 0.783. The number of rotatable bonds is 3. The number of halogens is 1. The maximum Gasteiger partial charge on any atom is 0.123 e. The lowest BCUT2D eigenvalue weighted by Gasteiger charge is -2.29. The summed E-state index contributed by atoms with van der Waals surface area (Å²) in [6, 6.07) is 6.54. The third kappa shape index (κ3) is 2.81. The molecule has 1 aromatic rings. The third-order valence-electron chi connectivity index (χ3n) is 2.82. The van der Waals surface area contributed by atoms with Crippen molar-refractivity contribution in [2.24, 2.45) is 11.7 Å². The van der Waals surface area contributed by atoms with E-state index in [0.717, 1.165) is 12.0 Å². The smallest absolute Gasteiger partial charge is 0.123 e. The molecule has 1 nitrogen and oxygen atoms in total. The Morgan fingerprint density at radius 2 is 1.79 bits per heavy atom. The topological polar surface area (TPSA) is 26.0 Å². The maximum atomic E-state index is 12.6. The molecule has 0 aliphatic carbocycles. The molecule has 0 fully saturated rings. The van der Waals surface area contributed by atoms with E-state index in [-0.39, 0.29) is 11.4 Å². The summed E-state index contributed by atoms with van der Waals surface area (Å²) < 4.78 is 12.6. The number of nitrogens with two attached hydrogens (primary N) is 1. The van der Waals surface area contributed by atoms with Crippen molar-refractivity contribution in [3.05, 3.63) is 35.6 Å². The number of benzene rings is 1. The van der Waals surface area contributed by atoms with Crippen LogP contribution in [0.4, 0.5) is 4.39 Å². The molecule has 0 aromatic heterocycles. The lowest BCUT2D eigenvalue weighted by atomic mass is 9.84. The van der Waals surface area contributed by atoms with Gasteiger partial charge in [0.25, 0.3) is 0 Å². The van der Waals surface area contributed by atoms with Gasteiger partial charge in [0.2, 0.25) is 0 Å². The highest BCUT2D eigenvalue weighted by molar-refractivity contribution is 5.18. The molecule has 0 amide bonds. The zero-order chi connectivity index (χ0) is 10.8. The average Bonchev–Trinajstić information content (AvgIpc) is 2.08. The molecule has 14 heavy (non-hydrogen) atoms. The van der Waals surface area contributed by atoms with E-state index in [0.29, 0.717) is 5.92 Å². The van der Waals surface area contributed by atoms with E-state index in [1.165, 1.54) is 12.1 Å². The monoisotopic (exact) mass is 195 g/mol. The minimum atomic E-state index is -0.224. The molecule has 1 unspecified atom stereocenters. The molecule has 1 atom stereocenters. The fourth-order valence-electron chi connectivity index (χ4n) is 1.25. The van der Waals surface area contributed by atoms with E-state index in [2.05, 4.69) is 13.8 Å². The summed E-state index contributed by atoms with van der Waals surface area (Å²) >= 11 is 0.